The topological polar surface area (TPSA) is 12.0 Å². The fourth-order valence-electron chi connectivity index (χ4n) is 2.19. The third-order valence-electron chi connectivity index (χ3n) is 4.28. The maximum absolute atomic E-state index is 3.70. The quantitative estimate of drug-likeness (QED) is 0.772. The zero-order valence-corrected chi connectivity index (χ0v) is 11.4. The second-order valence-electron chi connectivity index (χ2n) is 5.64. The summed E-state index contributed by atoms with van der Waals surface area (Å²) >= 11 is 0. The van der Waals surface area contributed by atoms with Gasteiger partial charge < -0.3 is 5.32 Å². The average Bonchev–Trinajstić information content (AvgIpc) is 3.21. The Hall–Kier alpha value is -0.820. The van der Waals surface area contributed by atoms with Crippen molar-refractivity contribution in [1.29, 1.82) is 0 Å². The van der Waals surface area contributed by atoms with Crippen molar-refractivity contribution in [2.45, 2.75) is 64.5 Å². The Morgan fingerprint density at radius 2 is 1.94 bits per heavy atom. The van der Waals surface area contributed by atoms with E-state index in [4.69, 9.17) is 0 Å². The molecule has 1 aromatic rings. The van der Waals surface area contributed by atoms with Crippen LogP contribution in [0.15, 0.2) is 24.3 Å². The number of hydrogen-bond donors (Lipinski definition) is 1. The van der Waals surface area contributed by atoms with Gasteiger partial charge in [-0.15, -0.1) is 0 Å². The van der Waals surface area contributed by atoms with Gasteiger partial charge in [0.15, 0.2) is 0 Å². The lowest BCUT2D eigenvalue weighted by atomic mass is 9.95. The van der Waals surface area contributed by atoms with Gasteiger partial charge in [0.25, 0.3) is 0 Å². The fraction of sp³-hybridized carbons (Fsp3) is 0.625. The molecule has 0 aromatic heterocycles. The van der Waals surface area contributed by atoms with Gasteiger partial charge in [0.1, 0.15) is 0 Å². The predicted molar refractivity (Wildman–Crippen MR) is 74.2 cm³/mol. The van der Waals surface area contributed by atoms with Gasteiger partial charge in [-0.05, 0) is 49.7 Å². The van der Waals surface area contributed by atoms with E-state index in [1.54, 1.807) is 5.56 Å². The molecule has 1 aliphatic carbocycles. The number of benzene rings is 1. The predicted octanol–water partition coefficient (Wildman–Crippen LogP) is 4.23. The number of nitrogens with one attached hydrogen (secondary N) is 1. The first-order chi connectivity index (χ1) is 8.17. The monoisotopic (exact) mass is 231 g/mol. The summed E-state index contributed by atoms with van der Waals surface area (Å²) in [5.41, 5.74) is 3.26. The lowest BCUT2D eigenvalue weighted by Crippen LogP contribution is -2.40. The molecular weight excluding hydrogens is 206 g/mol. The molecule has 2 rings (SSSR count). The highest BCUT2D eigenvalue weighted by Crippen LogP contribution is 2.40. The maximum atomic E-state index is 3.70. The first-order valence-corrected chi connectivity index (χ1v) is 7.00. The van der Waals surface area contributed by atoms with Crippen molar-refractivity contribution in [3.63, 3.8) is 0 Å². The first-order valence-electron chi connectivity index (χ1n) is 7.00. The Kier molecular flexibility index (Phi) is 3.88. The molecule has 0 spiro atoms. The Morgan fingerprint density at radius 1 is 1.24 bits per heavy atom. The van der Waals surface area contributed by atoms with Crippen molar-refractivity contribution in [3.05, 3.63) is 35.4 Å². The van der Waals surface area contributed by atoms with Gasteiger partial charge >= 0.3 is 0 Å². The summed E-state index contributed by atoms with van der Waals surface area (Å²) in [6.45, 7) is 7.84. The molecule has 1 heteroatoms. The van der Waals surface area contributed by atoms with Crippen LogP contribution in [-0.4, -0.2) is 5.54 Å². The lowest BCUT2D eigenvalue weighted by molar-refractivity contribution is 0.329. The van der Waals surface area contributed by atoms with Crippen molar-refractivity contribution in [2.75, 3.05) is 0 Å². The van der Waals surface area contributed by atoms with Crippen molar-refractivity contribution < 1.29 is 0 Å². The van der Waals surface area contributed by atoms with Crippen LogP contribution < -0.4 is 5.32 Å². The highest BCUT2D eigenvalue weighted by molar-refractivity contribution is 5.29. The number of hydrogen-bond acceptors (Lipinski definition) is 1. The van der Waals surface area contributed by atoms with E-state index < -0.39 is 0 Å². The van der Waals surface area contributed by atoms with E-state index in [-0.39, 0.29) is 5.54 Å². The van der Waals surface area contributed by atoms with E-state index in [2.05, 4.69) is 50.4 Å². The fourth-order valence-corrected chi connectivity index (χ4v) is 2.19. The van der Waals surface area contributed by atoms with Crippen LogP contribution in [-0.2, 0) is 6.54 Å². The van der Waals surface area contributed by atoms with Gasteiger partial charge in [0.2, 0.25) is 0 Å². The molecule has 1 nitrogen and oxygen atoms in total. The van der Waals surface area contributed by atoms with E-state index in [9.17, 15) is 0 Å². The SMILES string of the molecule is CCC(C)(CC)NCc1cccc(C2CC2)c1. The van der Waals surface area contributed by atoms with E-state index in [1.165, 1.54) is 31.2 Å². The third-order valence-corrected chi connectivity index (χ3v) is 4.28. The largest absolute Gasteiger partial charge is 0.307 e. The van der Waals surface area contributed by atoms with Crippen molar-refractivity contribution in [1.82, 2.24) is 5.32 Å². The number of rotatable bonds is 6. The Labute approximate surface area is 106 Å². The Bertz CT molecular complexity index is 362. The minimum absolute atomic E-state index is 0.287. The normalized spacial score (nSPS) is 16.2. The molecule has 1 saturated carbocycles. The first kappa shape index (κ1) is 12.6. The van der Waals surface area contributed by atoms with Crippen molar-refractivity contribution in [2.24, 2.45) is 0 Å². The molecule has 17 heavy (non-hydrogen) atoms. The summed E-state index contributed by atoms with van der Waals surface area (Å²) in [5, 5.41) is 3.70. The molecule has 0 radical (unpaired) electrons. The second kappa shape index (κ2) is 5.22. The van der Waals surface area contributed by atoms with Crippen molar-refractivity contribution in [3.8, 4) is 0 Å². The molecule has 1 N–H and O–H groups in total. The molecule has 0 aliphatic heterocycles. The van der Waals surface area contributed by atoms with Gasteiger partial charge in [-0.2, -0.15) is 0 Å². The van der Waals surface area contributed by atoms with Crippen LogP contribution in [0.4, 0.5) is 0 Å². The zero-order chi connectivity index (χ0) is 12.3. The van der Waals surface area contributed by atoms with Gasteiger partial charge in [0, 0.05) is 12.1 Å². The zero-order valence-electron chi connectivity index (χ0n) is 11.4. The average molecular weight is 231 g/mol. The van der Waals surface area contributed by atoms with Gasteiger partial charge in [0.05, 0.1) is 0 Å². The smallest absolute Gasteiger partial charge is 0.0210 e. The lowest BCUT2D eigenvalue weighted by Gasteiger charge is -2.28. The third kappa shape index (κ3) is 3.32. The van der Waals surface area contributed by atoms with E-state index in [0.717, 1.165) is 12.5 Å². The van der Waals surface area contributed by atoms with Crippen LogP contribution in [0.5, 0.6) is 0 Å². The summed E-state index contributed by atoms with van der Waals surface area (Å²) in [5.74, 6) is 0.860. The van der Waals surface area contributed by atoms with Gasteiger partial charge in [-0.3, -0.25) is 0 Å². The van der Waals surface area contributed by atoms with Gasteiger partial charge in [-0.25, -0.2) is 0 Å². The summed E-state index contributed by atoms with van der Waals surface area (Å²) < 4.78 is 0. The van der Waals surface area contributed by atoms with E-state index in [0.29, 0.717) is 0 Å². The molecule has 1 fully saturated rings. The van der Waals surface area contributed by atoms with E-state index >= 15 is 0 Å². The minimum Gasteiger partial charge on any atom is -0.307 e. The summed E-state index contributed by atoms with van der Waals surface area (Å²) in [7, 11) is 0. The molecule has 0 heterocycles. The van der Waals surface area contributed by atoms with Gasteiger partial charge in [-0.1, -0.05) is 38.1 Å². The molecule has 0 atom stereocenters. The molecule has 1 aromatic carbocycles. The van der Waals surface area contributed by atoms with Crippen LogP contribution in [0.1, 0.15) is 63.5 Å². The summed E-state index contributed by atoms with van der Waals surface area (Å²) in [6, 6.07) is 9.11. The molecule has 0 amide bonds. The maximum Gasteiger partial charge on any atom is 0.0210 e. The second-order valence-corrected chi connectivity index (χ2v) is 5.64. The molecule has 0 bridgehead atoms. The van der Waals surface area contributed by atoms with Crippen LogP contribution in [0.3, 0.4) is 0 Å². The highest BCUT2D eigenvalue weighted by atomic mass is 15.0. The minimum atomic E-state index is 0.287. The van der Waals surface area contributed by atoms with Crippen LogP contribution in [0.2, 0.25) is 0 Å². The molecule has 0 saturated heterocycles. The summed E-state index contributed by atoms with van der Waals surface area (Å²) in [6.07, 6.45) is 5.15. The van der Waals surface area contributed by atoms with Crippen LogP contribution >= 0.6 is 0 Å². The standard InChI is InChI=1S/C16H25N/c1-4-16(3,5-2)17-12-13-7-6-8-15(11-13)14-9-10-14/h6-8,11,14,17H,4-5,9-10,12H2,1-3H3. The van der Waals surface area contributed by atoms with Crippen LogP contribution in [0.25, 0.3) is 0 Å². The highest BCUT2D eigenvalue weighted by Gasteiger charge is 2.23. The molecule has 94 valence electrons. The molecule has 1 aliphatic rings. The summed E-state index contributed by atoms with van der Waals surface area (Å²) in [4.78, 5) is 0. The van der Waals surface area contributed by atoms with Crippen molar-refractivity contribution >= 4 is 0 Å². The Balaban J connectivity index is 1.96. The molecular formula is C16H25N. The van der Waals surface area contributed by atoms with E-state index in [1.807, 2.05) is 0 Å². The Morgan fingerprint density at radius 3 is 2.53 bits per heavy atom. The molecule has 0 unspecified atom stereocenters. The van der Waals surface area contributed by atoms with Crippen LogP contribution in [0, 0.1) is 0 Å².